The van der Waals surface area contributed by atoms with Crippen molar-refractivity contribution in [1.82, 2.24) is 10.6 Å². The molecule has 1 aliphatic heterocycles. The molecule has 68 valence electrons. The van der Waals surface area contributed by atoms with Gasteiger partial charge in [0.1, 0.15) is 0 Å². The molecular weight excluding hydrogens is 152 g/mol. The highest BCUT2D eigenvalue weighted by Gasteiger charge is 2.40. The Hall–Kier alpha value is -0.570. The van der Waals surface area contributed by atoms with Gasteiger partial charge in [-0.25, -0.2) is 0 Å². The van der Waals surface area contributed by atoms with Crippen LogP contribution >= 0.6 is 0 Å². The van der Waals surface area contributed by atoms with Gasteiger partial charge < -0.3 is 10.6 Å². The largest absolute Gasteiger partial charge is 0.353 e. The van der Waals surface area contributed by atoms with E-state index >= 15 is 0 Å². The van der Waals surface area contributed by atoms with Crippen LogP contribution in [0.1, 0.15) is 32.1 Å². The van der Waals surface area contributed by atoms with Gasteiger partial charge in [-0.2, -0.15) is 0 Å². The highest BCUT2D eigenvalue weighted by atomic mass is 16.2. The summed E-state index contributed by atoms with van der Waals surface area (Å²) in [6.45, 7) is 1.73. The van der Waals surface area contributed by atoms with Crippen molar-refractivity contribution in [2.45, 2.75) is 37.6 Å². The van der Waals surface area contributed by atoms with Crippen LogP contribution < -0.4 is 10.6 Å². The summed E-state index contributed by atoms with van der Waals surface area (Å²) in [5.74, 6) is 0.230. The molecule has 1 heterocycles. The van der Waals surface area contributed by atoms with Crippen molar-refractivity contribution in [2.75, 3.05) is 13.1 Å². The molecule has 0 atom stereocenters. The molecule has 12 heavy (non-hydrogen) atoms. The molecule has 2 aliphatic rings. The van der Waals surface area contributed by atoms with Crippen LogP contribution in [-0.2, 0) is 4.79 Å². The third-order valence-corrected chi connectivity index (χ3v) is 3.02. The fourth-order valence-electron chi connectivity index (χ4n) is 2.29. The summed E-state index contributed by atoms with van der Waals surface area (Å²) in [6.07, 6.45) is 5.73. The summed E-state index contributed by atoms with van der Waals surface area (Å²) in [7, 11) is 0. The molecule has 3 heteroatoms. The van der Waals surface area contributed by atoms with E-state index in [1.807, 2.05) is 0 Å². The highest BCUT2D eigenvalue weighted by molar-refractivity contribution is 5.87. The van der Waals surface area contributed by atoms with Gasteiger partial charge in [-0.3, -0.25) is 4.79 Å². The van der Waals surface area contributed by atoms with Gasteiger partial charge in [0.2, 0.25) is 5.91 Å². The Morgan fingerprint density at radius 3 is 2.50 bits per heavy atom. The second-order valence-electron chi connectivity index (χ2n) is 3.83. The molecule has 2 rings (SSSR count). The Morgan fingerprint density at radius 1 is 1.08 bits per heavy atom. The summed E-state index contributed by atoms with van der Waals surface area (Å²) in [4.78, 5) is 11.6. The van der Waals surface area contributed by atoms with Crippen LogP contribution in [0.3, 0.4) is 0 Å². The van der Waals surface area contributed by atoms with Crippen molar-refractivity contribution in [3.8, 4) is 0 Å². The zero-order valence-electron chi connectivity index (χ0n) is 7.36. The minimum atomic E-state index is -0.184. The molecule has 0 radical (unpaired) electrons. The van der Waals surface area contributed by atoms with E-state index in [1.165, 1.54) is 19.3 Å². The smallest absolute Gasteiger partial charge is 0.240 e. The first-order valence-electron chi connectivity index (χ1n) is 4.87. The maximum absolute atomic E-state index is 11.6. The summed E-state index contributed by atoms with van der Waals surface area (Å²) in [5.41, 5.74) is -0.184. The monoisotopic (exact) mass is 168 g/mol. The number of nitrogens with one attached hydrogen (secondary N) is 2. The van der Waals surface area contributed by atoms with Crippen LogP contribution in [0.25, 0.3) is 0 Å². The molecule has 0 aromatic rings. The van der Waals surface area contributed by atoms with Gasteiger partial charge >= 0.3 is 0 Å². The van der Waals surface area contributed by atoms with Crippen LogP contribution in [0, 0.1) is 0 Å². The molecular formula is C9H16N2O. The standard InChI is InChI=1S/C9H16N2O/c12-8-9(11-7-6-10-8)4-2-1-3-5-9/h11H,1-7H2,(H,10,12). The maximum Gasteiger partial charge on any atom is 0.240 e. The lowest BCUT2D eigenvalue weighted by atomic mass is 9.80. The quantitative estimate of drug-likeness (QED) is 0.550. The van der Waals surface area contributed by atoms with Crippen LogP contribution in [0.15, 0.2) is 0 Å². The van der Waals surface area contributed by atoms with Crippen LogP contribution in [0.5, 0.6) is 0 Å². The van der Waals surface area contributed by atoms with E-state index in [0.717, 1.165) is 25.9 Å². The predicted molar refractivity (Wildman–Crippen MR) is 46.8 cm³/mol. The van der Waals surface area contributed by atoms with E-state index in [-0.39, 0.29) is 11.4 Å². The van der Waals surface area contributed by atoms with Gasteiger partial charge in [0.15, 0.2) is 0 Å². The van der Waals surface area contributed by atoms with E-state index in [4.69, 9.17) is 0 Å². The molecule has 1 saturated heterocycles. The van der Waals surface area contributed by atoms with Crippen LogP contribution in [-0.4, -0.2) is 24.5 Å². The molecule has 0 unspecified atom stereocenters. The van der Waals surface area contributed by atoms with Gasteiger partial charge in [0.25, 0.3) is 0 Å². The van der Waals surface area contributed by atoms with Gasteiger partial charge in [0, 0.05) is 13.1 Å². The first-order valence-corrected chi connectivity index (χ1v) is 4.87. The normalized spacial score (nSPS) is 28.5. The van der Waals surface area contributed by atoms with Crippen molar-refractivity contribution in [1.29, 1.82) is 0 Å². The minimum Gasteiger partial charge on any atom is -0.353 e. The number of amides is 1. The Morgan fingerprint density at radius 2 is 1.83 bits per heavy atom. The topological polar surface area (TPSA) is 41.1 Å². The van der Waals surface area contributed by atoms with Gasteiger partial charge in [-0.05, 0) is 12.8 Å². The average molecular weight is 168 g/mol. The number of hydrogen-bond acceptors (Lipinski definition) is 2. The summed E-state index contributed by atoms with van der Waals surface area (Å²) >= 11 is 0. The number of hydrogen-bond donors (Lipinski definition) is 2. The molecule has 0 aromatic heterocycles. The average Bonchev–Trinajstić information content (AvgIpc) is 2.12. The second-order valence-corrected chi connectivity index (χ2v) is 3.83. The van der Waals surface area contributed by atoms with Gasteiger partial charge in [-0.1, -0.05) is 19.3 Å². The summed E-state index contributed by atoms with van der Waals surface area (Å²) in [6, 6.07) is 0. The third kappa shape index (κ3) is 1.22. The molecule has 0 aromatic carbocycles. The predicted octanol–water partition coefficient (Wildman–Crippen LogP) is 0.409. The van der Waals surface area contributed by atoms with Crippen molar-refractivity contribution in [3.63, 3.8) is 0 Å². The lowest BCUT2D eigenvalue weighted by Gasteiger charge is -2.39. The maximum atomic E-state index is 11.6. The Kier molecular flexibility index (Phi) is 2.05. The fraction of sp³-hybridized carbons (Fsp3) is 0.889. The van der Waals surface area contributed by atoms with Crippen molar-refractivity contribution in [3.05, 3.63) is 0 Å². The Labute approximate surface area is 72.9 Å². The number of carbonyl (C=O) groups is 1. The number of rotatable bonds is 0. The van der Waals surface area contributed by atoms with Crippen LogP contribution in [0.4, 0.5) is 0 Å². The van der Waals surface area contributed by atoms with E-state index in [2.05, 4.69) is 10.6 Å². The zero-order chi connectivity index (χ0) is 8.44. The second kappa shape index (κ2) is 3.05. The van der Waals surface area contributed by atoms with E-state index < -0.39 is 0 Å². The molecule has 2 N–H and O–H groups in total. The lowest BCUT2D eigenvalue weighted by molar-refractivity contribution is -0.130. The highest BCUT2D eigenvalue weighted by Crippen LogP contribution is 2.29. The Balaban J connectivity index is 2.09. The first kappa shape index (κ1) is 8.05. The van der Waals surface area contributed by atoms with Gasteiger partial charge in [0.05, 0.1) is 5.54 Å². The zero-order valence-corrected chi connectivity index (χ0v) is 7.36. The van der Waals surface area contributed by atoms with Gasteiger partial charge in [-0.15, -0.1) is 0 Å². The third-order valence-electron chi connectivity index (χ3n) is 3.02. The fourth-order valence-corrected chi connectivity index (χ4v) is 2.29. The molecule has 1 amide bonds. The summed E-state index contributed by atoms with van der Waals surface area (Å²) < 4.78 is 0. The molecule has 0 bridgehead atoms. The van der Waals surface area contributed by atoms with E-state index in [0.29, 0.717) is 0 Å². The molecule has 1 spiro atoms. The number of piperazine rings is 1. The van der Waals surface area contributed by atoms with E-state index in [1.54, 1.807) is 0 Å². The van der Waals surface area contributed by atoms with Crippen LogP contribution in [0.2, 0.25) is 0 Å². The molecule has 2 fully saturated rings. The lowest BCUT2D eigenvalue weighted by Crippen LogP contribution is -2.63. The van der Waals surface area contributed by atoms with Crippen molar-refractivity contribution in [2.24, 2.45) is 0 Å². The van der Waals surface area contributed by atoms with E-state index in [9.17, 15) is 4.79 Å². The number of carbonyl (C=O) groups excluding carboxylic acids is 1. The molecule has 3 nitrogen and oxygen atoms in total. The molecule has 1 aliphatic carbocycles. The van der Waals surface area contributed by atoms with Crippen molar-refractivity contribution < 1.29 is 4.79 Å². The first-order chi connectivity index (χ1) is 5.83. The minimum absolute atomic E-state index is 0.184. The van der Waals surface area contributed by atoms with Crippen molar-refractivity contribution >= 4 is 5.91 Å². The summed E-state index contributed by atoms with van der Waals surface area (Å²) in [5, 5.41) is 6.31. The molecule has 1 saturated carbocycles. The Bertz CT molecular complexity index is 177. The SMILES string of the molecule is O=C1NCCNC12CCCCC2.